The first kappa shape index (κ1) is 23.2. The number of aromatic hydroxyl groups is 2. The molecular formula is C23H29NO6. The van der Waals surface area contributed by atoms with Crippen molar-refractivity contribution in [2.24, 2.45) is 0 Å². The van der Waals surface area contributed by atoms with Crippen LogP contribution < -0.4 is 0 Å². The van der Waals surface area contributed by atoms with Crippen LogP contribution in [-0.4, -0.2) is 57.4 Å². The van der Waals surface area contributed by atoms with Gasteiger partial charge in [0.05, 0.1) is 6.61 Å². The van der Waals surface area contributed by atoms with E-state index in [1.807, 2.05) is 0 Å². The second kappa shape index (κ2) is 11.2. The summed E-state index contributed by atoms with van der Waals surface area (Å²) in [5.74, 6) is -1.79. The number of benzene rings is 2. The molecule has 0 saturated carbocycles. The first-order valence-corrected chi connectivity index (χ1v) is 10.0. The number of carbonyl (C=O) groups is 2. The second-order valence-corrected chi connectivity index (χ2v) is 7.34. The summed E-state index contributed by atoms with van der Waals surface area (Å²) in [6, 6.07) is 13.5. The zero-order chi connectivity index (χ0) is 22.1. The number of para-hydroxylation sites is 2. The van der Waals surface area contributed by atoms with Crippen molar-refractivity contribution in [3.05, 3.63) is 59.7 Å². The monoisotopic (exact) mass is 415 g/mol. The third kappa shape index (κ3) is 6.49. The summed E-state index contributed by atoms with van der Waals surface area (Å²) < 4.78 is 5.21. The molecule has 0 aliphatic carbocycles. The minimum absolute atomic E-state index is 0.0284. The number of hydrogen-bond donors (Lipinski definition) is 3. The van der Waals surface area contributed by atoms with Crippen LogP contribution in [0.25, 0.3) is 0 Å². The van der Waals surface area contributed by atoms with E-state index < -0.39 is 11.9 Å². The predicted octanol–water partition coefficient (Wildman–Crippen LogP) is 3.90. The maximum Gasteiger partial charge on any atom is 0.341 e. The quantitative estimate of drug-likeness (QED) is 0.485. The number of esters is 1. The zero-order valence-electron chi connectivity index (χ0n) is 17.3. The van der Waals surface area contributed by atoms with Crippen molar-refractivity contribution in [3.8, 4) is 11.5 Å². The molecular weight excluding hydrogens is 386 g/mol. The lowest BCUT2D eigenvalue weighted by Gasteiger charge is -2.25. The molecule has 1 aliphatic heterocycles. The molecule has 30 heavy (non-hydrogen) atoms. The Morgan fingerprint density at radius 1 is 0.933 bits per heavy atom. The molecule has 3 N–H and O–H groups in total. The van der Waals surface area contributed by atoms with Crippen molar-refractivity contribution in [2.75, 3.05) is 13.2 Å². The van der Waals surface area contributed by atoms with E-state index in [1.54, 1.807) is 30.3 Å². The number of likely N-dealkylation sites (tertiary alicyclic amines) is 1. The summed E-state index contributed by atoms with van der Waals surface area (Å²) in [4.78, 5) is 24.5. The first-order valence-electron chi connectivity index (χ1n) is 10.0. The lowest BCUT2D eigenvalue weighted by atomic mass is 10.2. The molecule has 2 aromatic carbocycles. The van der Waals surface area contributed by atoms with Crippen LogP contribution in [0.15, 0.2) is 48.5 Å². The molecule has 2 aromatic rings. The highest BCUT2D eigenvalue weighted by atomic mass is 16.5. The highest BCUT2D eigenvalue weighted by molar-refractivity contribution is 5.92. The fourth-order valence-corrected chi connectivity index (χ4v) is 3.48. The Morgan fingerprint density at radius 2 is 1.43 bits per heavy atom. The molecule has 7 heteroatoms. The SMILES string of the molecule is CC1CCC(C)N1CCCOC(=O)c1ccccc1O.O=C(O)c1ccccc1O. The van der Waals surface area contributed by atoms with Gasteiger partial charge in [0, 0.05) is 18.6 Å². The van der Waals surface area contributed by atoms with Crippen LogP contribution >= 0.6 is 0 Å². The molecule has 1 aliphatic rings. The number of carboxylic acids is 1. The van der Waals surface area contributed by atoms with Gasteiger partial charge in [0.25, 0.3) is 0 Å². The van der Waals surface area contributed by atoms with E-state index in [2.05, 4.69) is 18.7 Å². The number of hydrogen-bond acceptors (Lipinski definition) is 6. The van der Waals surface area contributed by atoms with Crippen molar-refractivity contribution in [1.29, 1.82) is 0 Å². The second-order valence-electron chi connectivity index (χ2n) is 7.34. The van der Waals surface area contributed by atoms with E-state index in [0.29, 0.717) is 18.7 Å². The molecule has 0 aromatic heterocycles. The van der Waals surface area contributed by atoms with Crippen molar-refractivity contribution in [1.82, 2.24) is 4.90 Å². The van der Waals surface area contributed by atoms with Crippen molar-refractivity contribution in [3.63, 3.8) is 0 Å². The maximum atomic E-state index is 11.8. The maximum absolute atomic E-state index is 11.8. The number of rotatable bonds is 6. The van der Waals surface area contributed by atoms with Crippen LogP contribution in [0.3, 0.4) is 0 Å². The zero-order valence-corrected chi connectivity index (χ0v) is 17.3. The highest BCUT2D eigenvalue weighted by Gasteiger charge is 2.26. The summed E-state index contributed by atoms with van der Waals surface area (Å²) >= 11 is 0. The number of aromatic carboxylic acids is 1. The average molecular weight is 415 g/mol. The van der Waals surface area contributed by atoms with Gasteiger partial charge in [-0.2, -0.15) is 0 Å². The van der Waals surface area contributed by atoms with Crippen molar-refractivity contribution >= 4 is 11.9 Å². The van der Waals surface area contributed by atoms with Crippen LogP contribution in [0, 0.1) is 0 Å². The molecule has 7 nitrogen and oxygen atoms in total. The summed E-state index contributed by atoms with van der Waals surface area (Å²) in [7, 11) is 0. The summed E-state index contributed by atoms with van der Waals surface area (Å²) in [6.45, 7) is 5.84. The van der Waals surface area contributed by atoms with Crippen LogP contribution in [0.4, 0.5) is 0 Å². The Balaban J connectivity index is 0.000000269. The Labute approximate surface area is 176 Å². The van der Waals surface area contributed by atoms with Crippen LogP contribution in [0.5, 0.6) is 11.5 Å². The molecule has 1 heterocycles. The molecule has 2 unspecified atom stereocenters. The van der Waals surface area contributed by atoms with Gasteiger partial charge >= 0.3 is 11.9 Å². The lowest BCUT2D eigenvalue weighted by molar-refractivity contribution is 0.0478. The van der Waals surface area contributed by atoms with Crippen molar-refractivity contribution < 1.29 is 29.6 Å². The minimum Gasteiger partial charge on any atom is -0.507 e. The number of phenolic OH excluding ortho intramolecular Hbond substituents is 1. The summed E-state index contributed by atoms with van der Waals surface area (Å²) in [5, 5.41) is 26.9. The van der Waals surface area contributed by atoms with Gasteiger partial charge < -0.3 is 20.1 Å². The number of carbonyl (C=O) groups excluding carboxylic acids is 1. The van der Waals surface area contributed by atoms with E-state index in [1.165, 1.54) is 31.0 Å². The minimum atomic E-state index is -1.11. The fourth-order valence-electron chi connectivity index (χ4n) is 3.48. The first-order chi connectivity index (χ1) is 14.3. The Hall–Kier alpha value is -3.06. The highest BCUT2D eigenvalue weighted by Crippen LogP contribution is 2.23. The summed E-state index contributed by atoms with van der Waals surface area (Å²) in [6.07, 6.45) is 3.33. The molecule has 0 bridgehead atoms. The molecule has 1 fully saturated rings. The molecule has 2 atom stereocenters. The van der Waals surface area contributed by atoms with Gasteiger partial charge in [0.2, 0.25) is 0 Å². The van der Waals surface area contributed by atoms with Gasteiger partial charge in [-0.25, -0.2) is 9.59 Å². The van der Waals surface area contributed by atoms with Gasteiger partial charge in [0.1, 0.15) is 22.6 Å². The molecule has 162 valence electrons. The number of phenols is 2. The largest absolute Gasteiger partial charge is 0.507 e. The van der Waals surface area contributed by atoms with E-state index in [4.69, 9.17) is 14.9 Å². The normalized spacial score (nSPS) is 18.3. The molecule has 0 radical (unpaired) electrons. The molecule has 1 saturated heterocycles. The third-order valence-electron chi connectivity index (χ3n) is 5.19. The Morgan fingerprint density at radius 3 is 1.90 bits per heavy atom. The molecule has 3 rings (SSSR count). The topological polar surface area (TPSA) is 107 Å². The summed E-state index contributed by atoms with van der Waals surface area (Å²) in [5.41, 5.74) is 0.165. The van der Waals surface area contributed by atoms with Gasteiger partial charge in [-0.05, 0) is 57.4 Å². The third-order valence-corrected chi connectivity index (χ3v) is 5.19. The predicted molar refractivity (Wildman–Crippen MR) is 113 cm³/mol. The van der Waals surface area contributed by atoms with Crippen LogP contribution in [0.2, 0.25) is 0 Å². The number of ether oxygens (including phenoxy) is 1. The van der Waals surface area contributed by atoms with Crippen molar-refractivity contribution in [2.45, 2.75) is 45.2 Å². The van der Waals surface area contributed by atoms with Gasteiger partial charge in [0.15, 0.2) is 0 Å². The molecule has 0 spiro atoms. The van der Waals surface area contributed by atoms with Gasteiger partial charge in [-0.1, -0.05) is 24.3 Å². The Kier molecular flexibility index (Phi) is 8.68. The van der Waals surface area contributed by atoms with E-state index >= 15 is 0 Å². The number of carboxylic acid groups (broad SMARTS) is 1. The van der Waals surface area contributed by atoms with Crippen LogP contribution in [0.1, 0.15) is 53.8 Å². The van der Waals surface area contributed by atoms with E-state index in [0.717, 1.165) is 13.0 Å². The van der Waals surface area contributed by atoms with Crippen LogP contribution in [-0.2, 0) is 4.74 Å². The smallest absolute Gasteiger partial charge is 0.341 e. The number of nitrogens with zero attached hydrogens (tertiary/aromatic N) is 1. The van der Waals surface area contributed by atoms with E-state index in [9.17, 15) is 14.7 Å². The fraction of sp³-hybridized carbons (Fsp3) is 0.391. The average Bonchev–Trinajstić information content (AvgIpc) is 3.04. The lowest BCUT2D eigenvalue weighted by Crippen LogP contribution is -2.34. The van der Waals surface area contributed by atoms with Gasteiger partial charge in [-0.15, -0.1) is 0 Å². The standard InChI is InChI=1S/C16H23NO3.C7H6O3/c1-12-8-9-13(2)17(12)10-5-11-20-16(19)14-6-3-4-7-15(14)18;8-6-4-2-1-3-5(6)7(9)10/h3-4,6-7,12-13,18H,5,8-11H2,1-2H3;1-4,8H,(H,9,10). The van der Waals surface area contributed by atoms with E-state index in [-0.39, 0.29) is 22.6 Å². The Bertz CT molecular complexity index is 843. The van der Waals surface area contributed by atoms with Gasteiger partial charge in [-0.3, -0.25) is 4.90 Å². The molecule has 0 amide bonds.